The van der Waals surface area contributed by atoms with Crippen LogP contribution in [0.15, 0.2) is 58.1 Å². The molecule has 0 aliphatic carbocycles. The minimum atomic E-state index is -0.368. The molecule has 1 N–H and O–H groups in total. The molecule has 28 heavy (non-hydrogen) atoms. The second-order valence-electron chi connectivity index (χ2n) is 7.45. The lowest BCUT2D eigenvalue weighted by atomic mass is 10.0. The van der Waals surface area contributed by atoms with Crippen molar-refractivity contribution in [2.45, 2.75) is 6.54 Å². The van der Waals surface area contributed by atoms with E-state index in [1.165, 1.54) is 10.6 Å². The average molecular weight is 373 g/mol. The molecule has 0 aliphatic rings. The number of hydrogen-bond donors (Lipinski definition) is 1. The Balaban J connectivity index is 2.06. The van der Waals surface area contributed by atoms with Crippen LogP contribution in [0.3, 0.4) is 0 Å². The first-order valence-electron chi connectivity index (χ1n) is 9.17. The van der Waals surface area contributed by atoms with Gasteiger partial charge >= 0.3 is 5.69 Å². The van der Waals surface area contributed by atoms with E-state index < -0.39 is 0 Å². The fraction of sp³-hybridized carbons (Fsp3) is 0.182. The molecule has 0 saturated carbocycles. The van der Waals surface area contributed by atoms with Gasteiger partial charge in [-0.3, -0.25) is 13.8 Å². The molecule has 5 rings (SSSR count). The smallest absolute Gasteiger partial charge is 0.336 e. The topological polar surface area (TPSA) is 66.9 Å². The predicted molar refractivity (Wildman–Crippen MR) is 112 cm³/mol. The third-order valence-corrected chi connectivity index (χ3v) is 5.40. The number of aromatic nitrogens is 2. The summed E-state index contributed by atoms with van der Waals surface area (Å²) in [7, 11) is 3.79. The van der Waals surface area contributed by atoms with Crippen molar-refractivity contribution in [3.63, 3.8) is 0 Å². The van der Waals surface area contributed by atoms with Gasteiger partial charge < -0.3 is 10.0 Å². The number of phenolic OH excluding ortho intramolecular Hbond substituents is 1. The Labute approximate surface area is 159 Å². The lowest BCUT2D eigenvalue weighted by Gasteiger charge is -2.12. The van der Waals surface area contributed by atoms with Crippen molar-refractivity contribution in [1.82, 2.24) is 13.9 Å². The molecule has 2 aromatic heterocycles. The summed E-state index contributed by atoms with van der Waals surface area (Å²) in [6.45, 7) is 0.853. The summed E-state index contributed by atoms with van der Waals surface area (Å²) in [5.74, 6) is 0.0183. The van der Waals surface area contributed by atoms with E-state index in [1.54, 1.807) is 10.5 Å². The van der Waals surface area contributed by atoms with Crippen LogP contribution >= 0.6 is 0 Å². The minimum Gasteiger partial charge on any atom is -0.508 e. The molecule has 140 valence electrons. The highest BCUT2D eigenvalue weighted by Crippen LogP contribution is 2.36. The van der Waals surface area contributed by atoms with Gasteiger partial charge in [0.2, 0.25) is 0 Å². The van der Waals surface area contributed by atoms with E-state index in [-0.39, 0.29) is 23.5 Å². The largest absolute Gasteiger partial charge is 0.508 e. The monoisotopic (exact) mass is 373 g/mol. The van der Waals surface area contributed by atoms with Gasteiger partial charge in [0.25, 0.3) is 5.56 Å². The fourth-order valence-corrected chi connectivity index (χ4v) is 4.11. The van der Waals surface area contributed by atoms with Gasteiger partial charge in [0.15, 0.2) is 0 Å². The van der Waals surface area contributed by atoms with Gasteiger partial charge in [0.05, 0.1) is 16.4 Å². The van der Waals surface area contributed by atoms with E-state index in [1.807, 2.05) is 55.4 Å². The number of hydrogen-bond acceptors (Lipinski definition) is 4. The van der Waals surface area contributed by atoms with Crippen LogP contribution in [0.1, 0.15) is 0 Å². The molecule has 0 aliphatic heterocycles. The van der Waals surface area contributed by atoms with Gasteiger partial charge in [-0.2, -0.15) is 0 Å². The Morgan fingerprint density at radius 3 is 2.50 bits per heavy atom. The molecule has 0 atom stereocenters. The first-order chi connectivity index (χ1) is 13.5. The van der Waals surface area contributed by atoms with Crippen LogP contribution in [0.2, 0.25) is 0 Å². The summed E-state index contributed by atoms with van der Waals surface area (Å²) in [5.41, 5.74) is 0.598. The van der Waals surface area contributed by atoms with Gasteiger partial charge in [0.1, 0.15) is 5.75 Å². The highest BCUT2D eigenvalue weighted by atomic mass is 16.3. The summed E-state index contributed by atoms with van der Waals surface area (Å²) >= 11 is 0. The Hall–Kier alpha value is -3.38. The van der Waals surface area contributed by atoms with Crippen molar-refractivity contribution in [1.29, 1.82) is 0 Å². The zero-order valence-electron chi connectivity index (χ0n) is 15.6. The Bertz CT molecular complexity index is 1490. The maximum Gasteiger partial charge on any atom is 0.336 e. The zero-order valence-corrected chi connectivity index (χ0v) is 15.6. The first kappa shape index (κ1) is 16.8. The van der Waals surface area contributed by atoms with E-state index in [0.717, 1.165) is 27.1 Å². The summed E-state index contributed by atoms with van der Waals surface area (Å²) in [6.07, 6.45) is 0. The molecule has 0 bridgehead atoms. The SMILES string of the molecule is CN(C)CCn1c(=O)c2cc(O)cc3c4c5ccccc5ccc4n(c1=O)c23. The second kappa shape index (κ2) is 5.81. The van der Waals surface area contributed by atoms with Gasteiger partial charge in [-0.25, -0.2) is 4.79 Å². The molecule has 5 aromatic rings. The lowest BCUT2D eigenvalue weighted by Crippen LogP contribution is -2.39. The van der Waals surface area contributed by atoms with Crippen LogP contribution in [0, 0.1) is 0 Å². The summed E-state index contributed by atoms with van der Waals surface area (Å²) in [5, 5.41) is 14.3. The number of nitrogens with zero attached hydrogens (tertiary/aromatic N) is 3. The quantitative estimate of drug-likeness (QED) is 0.528. The third-order valence-electron chi connectivity index (χ3n) is 5.40. The van der Waals surface area contributed by atoms with Crippen molar-refractivity contribution < 1.29 is 5.11 Å². The van der Waals surface area contributed by atoms with E-state index in [0.29, 0.717) is 17.4 Å². The van der Waals surface area contributed by atoms with Crippen LogP contribution < -0.4 is 11.2 Å². The van der Waals surface area contributed by atoms with Gasteiger partial charge in [0, 0.05) is 23.9 Å². The van der Waals surface area contributed by atoms with E-state index in [9.17, 15) is 14.7 Å². The van der Waals surface area contributed by atoms with Crippen LogP contribution in [0.5, 0.6) is 5.75 Å². The van der Waals surface area contributed by atoms with Crippen LogP contribution in [-0.2, 0) is 6.54 Å². The Kier molecular flexibility index (Phi) is 3.48. The predicted octanol–water partition coefficient (Wildman–Crippen LogP) is 2.63. The maximum atomic E-state index is 13.3. The van der Waals surface area contributed by atoms with E-state index in [2.05, 4.69) is 0 Å². The van der Waals surface area contributed by atoms with Crippen molar-refractivity contribution >= 4 is 38.0 Å². The molecule has 2 heterocycles. The molecule has 0 unspecified atom stereocenters. The van der Waals surface area contributed by atoms with Crippen LogP contribution in [0.25, 0.3) is 38.0 Å². The molecule has 0 fully saturated rings. The van der Waals surface area contributed by atoms with Crippen LogP contribution in [-0.4, -0.2) is 39.6 Å². The number of aromatic hydroxyl groups is 1. The van der Waals surface area contributed by atoms with Gasteiger partial charge in [-0.1, -0.05) is 30.3 Å². The number of rotatable bonds is 3. The Morgan fingerprint density at radius 2 is 1.71 bits per heavy atom. The van der Waals surface area contributed by atoms with Crippen molar-refractivity contribution in [2.24, 2.45) is 0 Å². The molecule has 6 heteroatoms. The second-order valence-corrected chi connectivity index (χ2v) is 7.45. The average Bonchev–Trinajstić information content (AvgIpc) is 3.00. The molecular formula is C22H19N3O3. The normalized spacial score (nSPS) is 12.2. The van der Waals surface area contributed by atoms with Gasteiger partial charge in [-0.05, 0) is 43.1 Å². The number of fused-ring (bicyclic) bond motifs is 5. The molecule has 0 spiro atoms. The lowest BCUT2D eigenvalue weighted by molar-refractivity contribution is 0.376. The van der Waals surface area contributed by atoms with Crippen molar-refractivity contribution in [2.75, 3.05) is 20.6 Å². The summed E-state index contributed by atoms with van der Waals surface area (Å²) in [6, 6.07) is 14.9. The van der Waals surface area contributed by atoms with E-state index >= 15 is 0 Å². The summed E-state index contributed by atoms with van der Waals surface area (Å²) < 4.78 is 2.87. The molecule has 3 aromatic carbocycles. The molecular weight excluding hydrogens is 354 g/mol. The van der Waals surface area contributed by atoms with Crippen LogP contribution in [0.4, 0.5) is 0 Å². The van der Waals surface area contributed by atoms with Crippen molar-refractivity contribution in [3.05, 3.63) is 69.4 Å². The molecule has 0 radical (unpaired) electrons. The maximum absolute atomic E-state index is 13.3. The molecule has 0 amide bonds. The summed E-state index contributed by atoms with van der Waals surface area (Å²) in [4.78, 5) is 28.3. The highest BCUT2D eigenvalue weighted by Gasteiger charge is 2.20. The molecule has 6 nitrogen and oxygen atoms in total. The fourth-order valence-electron chi connectivity index (χ4n) is 4.11. The number of phenols is 1. The van der Waals surface area contributed by atoms with E-state index in [4.69, 9.17) is 0 Å². The van der Waals surface area contributed by atoms with Gasteiger partial charge in [-0.15, -0.1) is 0 Å². The highest BCUT2D eigenvalue weighted by molar-refractivity contribution is 6.23. The molecule has 0 saturated heterocycles. The minimum absolute atomic E-state index is 0.0183. The number of likely N-dealkylation sites (N-methyl/N-ethyl adjacent to an activating group) is 1. The standard InChI is InChI=1S/C22H19N3O3/c1-23(2)9-10-24-21(27)17-12-14(26)11-16-19-15-6-4-3-5-13(15)7-8-18(19)25(20(16)17)22(24)28/h3-8,11-12,26H,9-10H2,1-2H3. The third kappa shape index (κ3) is 2.18. The first-order valence-corrected chi connectivity index (χ1v) is 9.17. The number of benzene rings is 3. The van der Waals surface area contributed by atoms with Crippen molar-refractivity contribution in [3.8, 4) is 5.75 Å². The zero-order chi connectivity index (χ0) is 19.6. The Morgan fingerprint density at radius 1 is 0.964 bits per heavy atom.